The summed E-state index contributed by atoms with van der Waals surface area (Å²) in [5.74, 6) is -1.49. The van der Waals surface area contributed by atoms with Crippen LogP contribution in [-0.2, 0) is 52.3 Å². The predicted molar refractivity (Wildman–Crippen MR) is 209 cm³/mol. The molecule has 16 heteroatoms. The van der Waals surface area contributed by atoms with Gasteiger partial charge in [-0.3, -0.25) is 24.2 Å². The normalized spacial score (nSPS) is 15.3. The van der Waals surface area contributed by atoms with Crippen LogP contribution in [0.15, 0.2) is 35.5 Å². The summed E-state index contributed by atoms with van der Waals surface area (Å²) in [6, 6.07) is 5.46. The van der Waals surface area contributed by atoms with Crippen LogP contribution in [0, 0.1) is 5.92 Å². The summed E-state index contributed by atoms with van der Waals surface area (Å²) in [5.41, 5.74) is 2.47. The van der Waals surface area contributed by atoms with E-state index in [2.05, 4.69) is 20.9 Å². The Kier molecular flexibility index (Phi) is 24.6. The average molecular weight is 778 g/mol. The molecule has 2 rings (SSSR count). The Morgan fingerprint density at radius 3 is 1.69 bits per heavy atom. The number of aliphatic imine (C=N–C) groups is 1. The van der Waals surface area contributed by atoms with Gasteiger partial charge in [0.25, 0.3) is 0 Å². The zero-order valence-corrected chi connectivity index (χ0v) is 33.5. The van der Waals surface area contributed by atoms with Crippen molar-refractivity contribution in [2.45, 2.75) is 65.6 Å². The molecule has 0 aromatic heterocycles. The van der Waals surface area contributed by atoms with E-state index in [0.29, 0.717) is 98.0 Å². The van der Waals surface area contributed by atoms with Gasteiger partial charge >= 0.3 is 0 Å². The fraction of sp³-hybridized carbons (Fsp3) is 0.667. The van der Waals surface area contributed by atoms with E-state index in [1.807, 2.05) is 39.1 Å². The molecule has 0 bridgehead atoms. The summed E-state index contributed by atoms with van der Waals surface area (Å²) in [5, 5.41) is 8.27. The molecule has 4 amide bonds. The molecule has 16 nitrogen and oxygen atoms in total. The van der Waals surface area contributed by atoms with Gasteiger partial charge in [0.05, 0.1) is 91.9 Å². The van der Waals surface area contributed by atoms with E-state index in [0.717, 1.165) is 11.1 Å². The smallest absolute Gasteiger partial charge is 0.246 e. The average Bonchev–Trinajstić information content (AvgIpc) is 3.59. The largest absolute Gasteiger partial charge is 0.379 e. The molecule has 3 N–H and O–H groups in total. The van der Waals surface area contributed by atoms with Crippen LogP contribution in [-0.4, -0.2) is 152 Å². The number of hydrogen-bond donors (Lipinski definition) is 3. The van der Waals surface area contributed by atoms with E-state index in [4.69, 9.17) is 33.2 Å². The summed E-state index contributed by atoms with van der Waals surface area (Å²) in [6.45, 7) is 15.1. The maximum absolute atomic E-state index is 13.1. The Labute approximate surface area is 326 Å². The van der Waals surface area contributed by atoms with Gasteiger partial charge in [-0.25, -0.2) is 0 Å². The molecule has 0 aliphatic carbocycles. The van der Waals surface area contributed by atoms with Crippen molar-refractivity contribution < 1.29 is 52.3 Å². The number of nitrogens with one attached hydrogen (secondary N) is 3. The van der Waals surface area contributed by atoms with Crippen molar-refractivity contribution in [1.29, 1.82) is 0 Å². The van der Waals surface area contributed by atoms with Crippen LogP contribution in [0.25, 0.3) is 5.57 Å². The van der Waals surface area contributed by atoms with Crippen LogP contribution < -0.4 is 16.0 Å². The number of anilines is 1. The zero-order valence-electron chi connectivity index (χ0n) is 33.5. The first-order chi connectivity index (χ1) is 26.6. The van der Waals surface area contributed by atoms with Gasteiger partial charge in [-0.15, -0.1) is 0 Å². The van der Waals surface area contributed by atoms with Crippen molar-refractivity contribution in [3.05, 3.63) is 36.0 Å². The highest BCUT2D eigenvalue weighted by Crippen LogP contribution is 2.30. The number of amides is 4. The van der Waals surface area contributed by atoms with Crippen LogP contribution in [0.4, 0.5) is 5.69 Å². The topological polar surface area (TPSA) is 185 Å². The maximum atomic E-state index is 13.1. The van der Waals surface area contributed by atoms with Crippen LogP contribution >= 0.6 is 0 Å². The lowest BCUT2D eigenvalue weighted by Gasteiger charge is -2.24. The van der Waals surface area contributed by atoms with Crippen LogP contribution in [0.3, 0.4) is 0 Å². The SMILES string of the molecule is CCOCCOCCOCCOCCOCCOCCOCCC(=O)NC(C(=O)N[C@@H](C)C(=O)Nc1ccc(C2=CN(C(C)=O)[C@H](/C=N\C)C2)cc1)C(C)C. The first kappa shape index (κ1) is 47.4. The summed E-state index contributed by atoms with van der Waals surface area (Å²) in [7, 11) is 1.68. The van der Waals surface area contributed by atoms with Crippen LogP contribution in [0.1, 0.15) is 53.0 Å². The van der Waals surface area contributed by atoms with Crippen LogP contribution in [0.5, 0.6) is 0 Å². The molecular weight excluding hydrogens is 714 g/mol. The number of rotatable bonds is 30. The lowest BCUT2D eigenvalue weighted by Crippen LogP contribution is -2.53. The summed E-state index contributed by atoms with van der Waals surface area (Å²) >= 11 is 0. The van der Waals surface area contributed by atoms with E-state index in [1.165, 1.54) is 6.92 Å². The van der Waals surface area contributed by atoms with Gasteiger partial charge in [0.2, 0.25) is 23.6 Å². The summed E-state index contributed by atoms with van der Waals surface area (Å²) < 4.78 is 37.9. The molecule has 0 fully saturated rings. The monoisotopic (exact) mass is 777 g/mol. The van der Waals surface area contributed by atoms with Gasteiger partial charge in [-0.2, -0.15) is 0 Å². The molecule has 0 saturated heterocycles. The van der Waals surface area contributed by atoms with E-state index >= 15 is 0 Å². The molecule has 0 radical (unpaired) electrons. The quantitative estimate of drug-likeness (QED) is 0.0771. The summed E-state index contributed by atoms with van der Waals surface area (Å²) in [4.78, 5) is 56.3. The highest BCUT2D eigenvalue weighted by Gasteiger charge is 2.28. The Hall–Kier alpha value is -3.77. The Bertz CT molecular complexity index is 1330. The second-order valence-electron chi connectivity index (χ2n) is 13.0. The molecule has 310 valence electrons. The Morgan fingerprint density at radius 2 is 1.24 bits per heavy atom. The standard InChI is InChI=1S/C39H63N5O11/c1-7-49-14-15-51-18-19-53-22-23-55-25-24-54-21-20-52-17-16-50-13-12-36(46)43-37(29(2)3)39(48)41-30(4)38(47)42-34-10-8-32(9-11-34)33-26-35(27-40-6)44(28-33)31(5)45/h8-11,27-30,35,37H,7,12-26H2,1-6H3,(H,41,48)(H,42,47)(H,43,46)/b40-27-/t30-,35-,37?/m0/s1. The molecule has 0 saturated carbocycles. The lowest BCUT2D eigenvalue weighted by molar-refractivity contribution is -0.132. The third-order valence-corrected chi connectivity index (χ3v) is 8.22. The number of ether oxygens (including phenoxy) is 7. The van der Waals surface area contributed by atoms with Gasteiger partial charge in [0.1, 0.15) is 12.1 Å². The van der Waals surface area contributed by atoms with E-state index in [-0.39, 0.29) is 36.8 Å². The zero-order chi connectivity index (χ0) is 40.3. The van der Waals surface area contributed by atoms with Crippen molar-refractivity contribution >= 4 is 41.1 Å². The molecular formula is C39H63N5O11. The number of carbonyl (C=O) groups is 4. The first-order valence-electron chi connectivity index (χ1n) is 19.0. The van der Waals surface area contributed by atoms with Gasteiger partial charge in [-0.1, -0.05) is 26.0 Å². The molecule has 0 spiro atoms. The molecule has 1 aromatic rings. The Morgan fingerprint density at radius 1 is 0.745 bits per heavy atom. The van der Waals surface area contributed by atoms with Gasteiger partial charge in [-0.05, 0) is 43.0 Å². The van der Waals surface area contributed by atoms with Crippen molar-refractivity contribution in [2.75, 3.05) is 105 Å². The van der Waals surface area contributed by atoms with Crippen molar-refractivity contribution in [1.82, 2.24) is 15.5 Å². The van der Waals surface area contributed by atoms with Crippen LogP contribution in [0.2, 0.25) is 0 Å². The van der Waals surface area contributed by atoms with Crippen molar-refractivity contribution in [2.24, 2.45) is 10.9 Å². The molecule has 1 aliphatic rings. The molecule has 3 atom stereocenters. The van der Waals surface area contributed by atoms with Gasteiger partial charge < -0.3 is 54.0 Å². The minimum Gasteiger partial charge on any atom is -0.379 e. The highest BCUT2D eigenvalue weighted by atomic mass is 16.6. The second kappa shape index (κ2) is 28.6. The molecule has 1 unspecified atom stereocenters. The van der Waals surface area contributed by atoms with Crippen molar-refractivity contribution in [3.8, 4) is 0 Å². The van der Waals surface area contributed by atoms with E-state index in [9.17, 15) is 19.2 Å². The molecule has 55 heavy (non-hydrogen) atoms. The van der Waals surface area contributed by atoms with Gasteiger partial charge in [0, 0.05) is 51.5 Å². The number of carbonyl (C=O) groups excluding carboxylic acids is 4. The third-order valence-electron chi connectivity index (χ3n) is 8.22. The molecule has 1 aliphatic heterocycles. The highest BCUT2D eigenvalue weighted by molar-refractivity contribution is 5.98. The predicted octanol–water partition coefficient (Wildman–Crippen LogP) is 2.46. The lowest BCUT2D eigenvalue weighted by atomic mass is 10.0. The minimum absolute atomic E-state index is 0.0621. The third kappa shape index (κ3) is 20.1. The van der Waals surface area contributed by atoms with Gasteiger partial charge in [0.15, 0.2) is 0 Å². The number of hydrogen-bond acceptors (Lipinski definition) is 12. The summed E-state index contributed by atoms with van der Waals surface area (Å²) in [6.07, 6.45) is 4.29. The number of benzene rings is 1. The fourth-order valence-electron chi connectivity index (χ4n) is 5.25. The van der Waals surface area contributed by atoms with E-state index < -0.39 is 23.9 Å². The van der Waals surface area contributed by atoms with Crippen molar-refractivity contribution in [3.63, 3.8) is 0 Å². The Balaban J connectivity index is 1.55. The molecule has 1 heterocycles. The minimum atomic E-state index is -0.860. The van der Waals surface area contributed by atoms with E-state index in [1.54, 1.807) is 37.2 Å². The number of nitrogens with zero attached hydrogens (tertiary/aromatic N) is 2. The fourth-order valence-corrected chi connectivity index (χ4v) is 5.25. The first-order valence-corrected chi connectivity index (χ1v) is 19.0. The molecule has 1 aromatic carbocycles. The maximum Gasteiger partial charge on any atom is 0.246 e. The second-order valence-corrected chi connectivity index (χ2v) is 13.0.